The smallest absolute Gasteiger partial charge is 0.316 e. The van der Waals surface area contributed by atoms with Gasteiger partial charge in [-0.25, -0.2) is 0 Å². The van der Waals surface area contributed by atoms with Gasteiger partial charge in [-0.1, -0.05) is 23.4 Å². The van der Waals surface area contributed by atoms with Crippen molar-refractivity contribution in [2.75, 3.05) is 13.7 Å². The minimum Gasteiger partial charge on any atom is -0.496 e. The van der Waals surface area contributed by atoms with E-state index in [4.69, 9.17) is 18.4 Å². The SMILES string of the molecule is COc1ccccc1CCNC(=O)c1nc(COc2c(C)occc2=O)no1. The summed E-state index contributed by atoms with van der Waals surface area (Å²) >= 11 is 0. The van der Waals surface area contributed by atoms with Crippen molar-refractivity contribution < 1.29 is 23.2 Å². The van der Waals surface area contributed by atoms with E-state index in [9.17, 15) is 9.59 Å². The first-order valence-corrected chi connectivity index (χ1v) is 8.52. The molecule has 0 aliphatic rings. The molecule has 0 saturated carbocycles. The monoisotopic (exact) mass is 385 g/mol. The molecule has 0 fully saturated rings. The molecule has 0 spiro atoms. The van der Waals surface area contributed by atoms with E-state index in [1.165, 1.54) is 12.3 Å². The Morgan fingerprint density at radius 1 is 1.25 bits per heavy atom. The quantitative estimate of drug-likeness (QED) is 0.625. The molecule has 2 heterocycles. The van der Waals surface area contributed by atoms with Crippen LogP contribution >= 0.6 is 0 Å². The van der Waals surface area contributed by atoms with Crippen LogP contribution in [-0.2, 0) is 13.0 Å². The molecule has 0 atom stereocenters. The number of aryl methyl sites for hydroxylation is 1. The average Bonchev–Trinajstić information content (AvgIpc) is 3.17. The first kappa shape index (κ1) is 19.2. The highest BCUT2D eigenvalue weighted by molar-refractivity contribution is 5.89. The van der Waals surface area contributed by atoms with Crippen LogP contribution in [-0.4, -0.2) is 29.7 Å². The Kier molecular flexibility index (Phi) is 6.05. The lowest BCUT2D eigenvalue weighted by molar-refractivity contribution is 0.0910. The van der Waals surface area contributed by atoms with Crippen LogP contribution in [0, 0.1) is 6.92 Å². The molecule has 0 saturated heterocycles. The minimum absolute atomic E-state index is 0.0649. The largest absolute Gasteiger partial charge is 0.496 e. The zero-order chi connectivity index (χ0) is 19.9. The Labute approximate surface area is 160 Å². The summed E-state index contributed by atoms with van der Waals surface area (Å²) < 4.78 is 20.7. The third kappa shape index (κ3) is 4.56. The van der Waals surface area contributed by atoms with Gasteiger partial charge in [-0.15, -0.1) is 0 Å². The number of para-hydroxylation sites is 1. The van der Waals surface area contributed by atoms with Crippen molar-refractivity contribution in [2.45, 2.75) is 20.0 Å². The molecule has 1 amide bonds. The van der Waals surface area contributed by atoms with Crippen molar-refractivity contribution in [2.24, 2.45) is 0 Å². The predicted molar refractivity (Wildman–Crippen MR) is 97.4 cm³/mol. The number of nitrogens with one attached hydrogen (secondary N) is 1. The molecule has 9 heteroatoms. The van der Waals surface area contributed by atoms with Gasteiger partial charge in [0.1, 0.15) is 11.5 Å². The van der Waals surface area contributed by atoms with Crippen molar-refractivity contribution in [1.29, 1.82) is 0 Å². The first-order valence-electron chi connectivity index (χ1n) is 8.52. The highest BCUT2D eigenvalue weighted by Crippen LogP contribution is 2.17. The van der Waals surface area contributed by atoms with Gasteiger partial charge < -0.3 is 23.7 Å². The molecule has 9 nitrogen and oxygen atoms in total. The van der Waals surface area contributed by atoms with Crippen molar-refractivity contribution in [1.82, 2.24) is 15.5 Å². The maximum Gasteiger partial charge on any atom is 0.316 e. The van der Waals surface area contributed by atoms with Gasteiger partial charge in [0, 0.05) is 12.6 Å². The lowest BCUT2D eigenvalue weighted by atomic mass is 10.1. The van der Waals surface area contributed by atoms with E-state index >= 15 is 0 Å². The molecular weight excluding hydrogens is 366 g/mol. The number of ether oxygens (including phenoxy) is 2. The zero-order valence-electron chi connectivity index (χ0n) is 15.4. The average molecular weight is 385 g/mol. The maximum absolute atomic E-state index is 12.1. The summed E-state index contributed by atoms with van der Waals surface area (Å²) in [6, 6.07) is 8.81. The Morgan fingerprint density at radius 3 is 2.86 bits per heavy atom. The molecule has 1 N–H and O–H groups in total. The van der Waals surface area contributed by atoms with Gasteiger partial charge in [-0.3, -0.25) is 9.59 Å². The van der Waals surface area contributed by atoms with Gasteiger partial charge in [0.15, 0.2) is 6.61 Å². The van der Waals surface area contributed by atoms with Crippen LogP contribution in [0.25, 0.3) is 0 Å². The van der Waals surface area contributed by atoms with Crippen LogP contribution in [0.4, 0.5) is 0 Å². The molecule has 0 radical (unpaired) electrons. The summed E-state index contributed by atoms with van der Waals surface area (Å²) in [4.78, 5) is 27.8. The molecule has 3 aromatic rings. The van der Waals surface area contributed by atoms with Crippen LogP contribution in [0.15, 0.2) is 50.3 Å². The summed E-state index contributed by atoms with van der Waals surface area (Å²) in [7, 11) is 1.60. The highest BCUT2D eigenvalue weighted by Gasteiger charge is 2.16. The molecule has 1 aromatic carbocycles. The summed E-state index contributed by atoms with van der Waals surface area (Å²) in [5, 5.41) is 6.39. The van der Waals surface area contributed by atoms with Crippen LogP contribution in [0.1, 0.15) is 27.8 Å². The van der Waals surface area contributed by atoms with Gasteiger partial charge in [0.05, 0.1) is 13.4 Å². The topological polar surface area (TPSA) is 117 Å². The van der Waals surface area contributed by atoms with Crippen molar-refractivity contribution in [3.63, 3.8) is 0 Å². The third-order valence-electron chi connectivity index (χ3n) is 3.89. The van der Waals surface area contributed by atoms with E-state index in [0.29, 0.717) is 18.7 Å². The van der Waals surface area contributed by atoms with Gasteiger partial charge >= 0.3 is 11.8 Å². The first-order chi connectivity index (χ1) is 13.6. The molecule has 0 bridgehead atoms. The summed E-state index contributed by atoms with van der Waals surface area (Å²) in [6.07, 6.45) is 1.87. The summed E-state index contributed by atoms with van der Waals surface area (Å²) in [5.41, 5.74) is 0.656. The van der Waals surface area contributed by atoms with E-state index in [1.54, 1.807) is 14.0 Å². The number of hydrogen-bond acceptors (Lipinski definition) is 8. The van der Waals surface area contributed by atoms with E-state index in [0.717, 1.165) is 11.3 Å². The van der Waals surface area contributed by atoms with Gasteiger partial charge in [0.25, 0.3) is 0 Å². The Bertz CT molecular complexity index is 1010. The van der Waals surface area contributed by atoms with Crippen LogP contribution in [0.3, 0.4) is 0 Å². The van der Waals surface area contributed by atoms with Crippen LogP contribution in [0.2, 0.25) is 0 Å². The Hall–Kier alpha value is -3.62. The second-order valence-electron chi connectivity index (χ2n) is 5.79. The highest BCUT2D eigenvalue weighted by atomic mass is 16.5. The number of carbonyl (C=O) groups is 1. The van der Waals surface area contributed by atoms with Crippen molar-refractivity contribution >= 4 is 5.91 Å². The molecule has 0 aliphatic heterocycles. The zero-order valence-corrected chi connectivity index (χ0v) is 15.4. The Balaban J connectivity index is 1.53. The van der Waals surface area contributed by atoms with Gasteiger partial charge in [-0.2, -0.15) is 4.98 Å². The molecule has 2 aromatic heterocycles. The summed E-state index contributed by atoms with van der Waals surface area (Å²) in [5.74, 6) is 0.618. The van der Waals surface area contributed by atoms with Gasteiger partial charge in [-0.05, 0) is 25.0 Å². The van der Waals surface area contributed by atoms with E-state index in [-0.39, 0.29) is 29.5 Å². The maximum atomic E-state index is 12.1. The Morgan fingerprint density at radius 2 is 2.07 bits per heavy atom. The summed E-state index contributed by atoms with van der Waals surface area (Å²) in [6.45, 7) is 1.85. The standard InChI is InChI=1S/C19H19N3O6/c1-12-17(14(23)8-10-26-12)27-11-16-21-19(28-22-16)18(24)20-9-7-13-5-3-4-6-15(13)25-2/h3-6,8,10H,7,9,11H2,1-2H3,(H,20,24). The number of nitrogens with zero attached hydrogens (tertiary/aromatic N) is 2. The third-order valence-corrected chi connectivity index (χ3v) is 3.89. The number of amides is 1. The molecule has 0 unspecified atom stereocenters. The van der Waals surface area contributed by atoms with Crippen molar-refractivity contribution in [3.8, 4) is 11.5 Å². The van der Waals surface area contributed by atoms with Crippen molar-refractivity contribution in [3.05, 3.63) is 69.9 Å². The van der Waals surface area contributed by atoms with E-state index < -0.39 is 5.91 Å². The number of methoxy groups -OCH3 is 1. The fourth-order valence-corrected chi connectivity index (χ4v) is 2.51. The molecular formula is C19H19N3O6. The number of aromatic nitrogens is 2. The van der Waals surface area contributed by atoms with E-state index in [2.05, 4.69) is 15.5 Å². The minimum atomic E-state index is -0.496. The molecule has 0 aliphatic carbocycles. The normalized spacial score (nSPS) is 10.5. The fraction of sp³-hybridized carbons (Fsp3) is 0.263. The van der Waals surface area contributed by atoms with Crippen LogP contribution < -0.4 is 20.2 Å². The lowest BCUT2D eigenvalue weighted by Crippen LogP contribution is -2.26. The van der Waals surface area contributed by atoms with Gasteiger partial charge in [0.2, 0.25) is 17.0 Å². The predicted octanol–water partition coefficient (Wildman–Crippen LogP) is 1.89. The van der Waals surface area contributed by atoms with Crippen LogP contribution in [0.5, 0.6) is 11.5 Å². The fourth-order valence-electron chi connectivity index (χ4n) is 2.51. The number of benzene rings is 1. The molecule has 3 rings (SSSR count). The number of rotatable bonds is 8. The second kappa shape index (κ2) is 8.85. The molecule has 28 heavy (non-hydrogen) atoms. The molecule has 146 valence electrons. The number of carbonyl (C=O) groups excluding carboxylic acids is 1. The second-order valence-corrected chi connectivity index (χ2v) is 5.79. The number of hydrogen-bond donors (Lipinski definition) is 1. The lowest BCUT2D eigenvalue weighted by Gasteiger charge is -2.08. The van der Waals surface area contributed by atoms with E-state index in [1.807, 2.05) is 24.3 Å².